The average molecular weight is 546 g/mol. The van der Waals surface area contributed by atoms with E-state index >= 15 is 0 Å². The van der Waals surface area contributed by atoms with Crippen LogP contribution in [0.3, 0.4) is 0 Å². The van der Waals surface area contributed by atoms with E-state index in [0.29, 0.717) is 28.4 Å². The Bertz CT molecular complexity index is 1850. The number of imidazole rings is 1. The van der Waals surface area contributed by atoms with Crippen LogP contribution in [-0.2, 0) is 9.53 Å². The summed E-state index contributed by atoms with van der Waals surface area (Å²) in [4.78, 5) is 48.0. The molecule has 11 nitrogen and oxygen atoms in total. The van der Waals surface area contributed by atoms with Crippen LogP contribution in [0, 0.1) is 15.9 Å². The number of ether oxygens (including phenoxy) is 2. The monoisotopic (exact) mass is 545 g/mol. The second-order valence-corrected chi connectivity index (χ2v) is 8.93. The van der Waals surface area contributed by atoms with Crippen molar-refractivity contribution in [1.82, 2.24) is 14.5 Å². The molecule has 40 heavy (non-hydrogen) atoms. The van der Waals surface area contributed by atoms with Gasteiger partial charge in [-0.3, -0.25) is 19.5 Å². The zero-order chi connectivity index (χ0) is 28.6. The minimum absolute atomic E-state index is 0.153. The van der Waals surface area contributed by atoms with Gasteiger partial charge in [-0.25, -0.2) is 14.2 Å². The fourth-order valence-electron chi connectivity index (χ4n) is 4.69. The lowest BCUT2D eigenvalue weighted by Crippen LogP contribution is -2.40. The van der Waals surface area contributed by atoms with Crippen molar-refractivity contribution in [3.63, 3.8) is 0 Å². The van der Waals surface area contributed by atoms with E-state index in [1.54, 1.807) is 57.4 Å². The quantitative estimate of drug-likeness (QED) is 0.207. The summed E-state index contributed by atoms with van der Waals surface area (Å²) in [6.07, 6.45) is 1.53. The highest BCUT2D eigenvalue weighted by atomic mass is 19.1. The number of methoxy groups -OCH3 is 1. The van der Waals surface area contributed by atoms with Gasteiger partial charge in [-0.1, -0.05) is 12.1 Å². The maximum absolute atomic E-state index is 13.7. The molecule has 2 N–H and O–H groups in total. The van der Waals surface area contributed by atoms with E-state index in [1.807, 2.05) is 0 Å². The molecule has 0 fully saturated rings. The Morgan fingerprint density at radius 1 is 1.18 bits per heavy atom. The van der Waals surface area contributed by atoms with Crippen molar-refractivity contribution in [1.29, 1.82) is 0 Å². The lowest BCUT2D eigenvalue weighted by Gasteiger charge is -2.24. The summed E-state index contributed by atoms with van der Waals surface area (Å²) >= 11 is 0. The third kappa shape index (κ3) is 4.70. The van der Waals surface area contributed by atoms with Crippen LogP contribution >= 0.6 is 0 Å². The van der Waals surface area contributed by atoms with Crippen LogP contribution in [0.4, 0.5) is 10.1 Å². The van der Waals surface area contributed by atoms with Gasteiger partial charge in [-0.05, 0) is 61.9 Å². The largest absolute Gasteiger partial charge is 0.497 e. The van der Waals surface area contributed by atoms with Gasteiger partial charge in [-0.15, -0.1) is 0 Å². The molecule has 4 aromatic rings. The number of benzene rings is 2. The number of hydrogen-bond donors (Lipinski definition) is 2. The first-order chi connectivity index (χ1) is 19.2. The second-order valence-electron chi connectivity index (χ2n) is 8.93. The molecule has 1 unspecified atom stereocenters. The van der Waals surface area contributed by atoms with Gasteiger partial charge in [0.15, 0.2) is 0 Å². The fourth-order valence-corrected chi connectivity index (χ4v) is 4.69. The molecule has 0 aliphatic carbocycles. The summed E-state index contributed by atoms with van der Waals surface area (Å²) in [5, 5.41) is 11.6. The number of aromatic nitrogens is 3. The third-order valence-corrected chi connectivity index (χ3v) is 6.50. The van der Waals surface area contributed by atoms with E-state index in [0.717, 1.165) is 12.1 Å². The van der Waals surface area contributed by atoms with Crippen molar-refractivity contribution in [3.05, 3.63) is 114 Å². The topological polar surface area (TPSA) is 145 Å². The van der Waals surface area contributed by atoms with Gasteiger partial charge in [0, 0.05) is 5.69 Å². The Hall–Kier alpha value is -5.26. The van der Waals surface area contributed by atoms with Crippen molar-refractivity contribution < 1.29 is 23.6 Å². The van der Waals surface area contributed by atoms with Crippen LogP contribution in [0.1, 0.15) is 31.1 Å². The molecule has 3 heterocycles. The van der Waals surface area contributed by atoms with Crippen molar-refractivity contribution in [2.24, 2.45) is 4.99 Å². The Morgan fingerprint density at radius 3 is 2.60 bits per heavy atom. The summed E-state index contributed by atoms with van der Waals surface area (Å²) in [5.41, 5.74) is 1.72. The first-order valence-electron chi connectivity index (χ1n) is 12.3. The lowest BCUT2D eigenvalue weighted by atomic mass is 9.96. The number of nitrogens with zero attached hydrogens (tertiary/aromatic N) is 3. The highest BCUT2D eigenvalue weighted by Crippen LogP contribution is 2.32. The van der Waals surface area contributed by atoms with Crippen LogP contribution in [0.25, 0.3) is 17.3 Å². The lowest BCUT2D eigenvalue weighted by molar-refractivity contribution is -0.384. The zero-order valence-electron chi connectivity index (χ0n) is 21.7. The number of allylic oxidation sites excluding steroid dienone is 1. The van der Waals surface area contributed by atoms with Gasteiger partial charge in [0.2, 0.25) is 5.62 Å². The molecule has 0 saturated heterocycles. The minimum Gasteiger partial charge on any atom is -0.497 e. The number of carbonyl (C=O) groups excluding carboxylic acids is 1. The molecule has 0 spiro atoms. The van der Waals surface area contributed by atoms with Gasteiger partial charge in [0.05, 0.1) is 53.3 Å². The smallest absolute Gasteiger partial charge is 0.338 e. The number of nitro groups is 1. The first-order valence-corrected chi connectivity index (χ1v) is 12.3. The Kier molecular flexibility index (Phi) is 6.91. The molecule has 0 amide bonds. The number of nitrogens with one attached hydrogen (secondary N) is 2. The summed E-state index contributed by atoms with van der Waals surface area (Å²) in [7, 11) is 1.54. The van der Waals surface area contributed by atoms with E-state index in [4.69, 9.17) is 9.47 Å². The molecule has 0 bridgehead atoms. The molecule has 1 atom stereocenters. The van der Waals surface area contributed by atoms with Gasteiger partial charge in [0.25, 0.3) is 11.2 Å². The van der Waals surface area contributed by atoms with Gasteiger partial charge in [-0.2, -0.15) is 0 Å². The van der Waals surface area contributed by atoms with Crippen molar-refractivity contribution in [2.75, 3.05) is 13.7 Å². The number of carbonyl (C=O) groups is 1. The predicted octanol–water partition coefficient (Wildman–Crippen LogP) is 3.12. The Balaban J connectivity index is 1.63. The van der Waals surface area contributed by atoms with Crippen LogP contribution in [-0.4, -0.2) is 39.1 Å². The van der Waals surface area contributed by atoms with E-state index in [1.165, 1.54) is 16.7 Å². The Labute approximate surface area is 226 Å². The highest BCUT2D eigenvalue weighted by Gasteiger charge is 2.33. The average Bonchev–Trinajstić information content (AvgIpc) is 3.52. The molecule has 1 aliphatic heterocycles. The molecule has 0 saturated carbocycles. The minimum atomic E-state index is -0.815. The molecular weight excluding hydrogens is 521 g/mol. The number of H-pyrrole nitrogens is 2. The molecule has 204 valence electrons. The highest BCUT2D eigenvalue weighted by molar-refractivity contribution is 5.91. The van der Waals surface area contributed by atoms with E-state index in [-0.39, 0.29) is 28.7 Å². The van der Waals surface area contributed by atoms with Gasteiger partial charge in [0.1, 0.15) is 16.9 Å². The summed E-state index contributed by atoms with van der Waals surface area (Å²) < 4.78 is 25.5. The van der Waals surface area contributed by atoms with Crippen LogP contribution in [0.15, 0.2) is 75.7 Å². The molecule has 0 radical (unpaired) electrons. The Morgan fingerprint density at radius 2 is 1.93 bits per heavy atom. The van der Waals surface area contributed by atoms with Crippen LogP contribution in [0.5, 0.6) is 5.75 Å². The van der Waals surface area contributed by atoms with Gasteiger partial charge < -0.3 is 19.4 Å². The van der Waals surface area contributed by atoms with Crippen molar-refractivity contribution in [2.45, 2.75) is 19.9 Å². The summed E-state index contributed by atoms with van der Waals surface area (Å²) in [6.45, 7) is 3.52. The fraction of sp³-hybridized carbons (Fsp3) is 0.179. The molecule has 2 aromatic heterocycles. The molecule has 2 aromatic carbocycles. The SMILES string of the molecule is CCOC(=O)C1=C(C)N=c2[nH]/c(=C\c3ccc(-c4ccc(F)cc4[N+](=O)[O-])[nH]3)c(=O)n2C1c1ccc(OC)cc1. The first kappa shape index (κ1) is 26.4. The number of halogens is 1. The molecule has 5 rings (SSSR count). The van der Waals surface area contributed by atoms with Crippen LogP contribution in [0.2, 0.25) is 0 Å². The number of hydrogen-bond acceptors (Lipinski definition) is 7. The number of esters is 1. The normalized spacial score (nSPS) is 15.0. The van der Waals surface area contributed by atoms with Gasteiger partial charge >= 0.3 is 5.97 Å². The van der Waals surface area contributed by atoms with E-state index in [9.17, 15) is 24.1 Å². The number of nitro benzene ring substituents is 1. The van der Waals surface area contributed by atoms with E-state index in [2.05, 4.69) is 15.0 Å². The maximum Gasteiger partial charge on any atom is 0.338 e. The predicted molar refractivity (Wildman–Crippen MR) is 143 cm³/mol. The number of fused-ring (bicyclic) bond motifs is 1. The maximum atomic E-state index is 13.7. The van der Waals surface area contributed by atoms with Crippen LogP contribution < -0.4 is 21.3 Å². The standard InChI is InChI=1S/C28H24FN5O6/c1-4-40-27(36)24-15(2)30-28-32-22(26(35)33(28)25(24)16-5-9-19(39-3)10-6-16)14-18-8-12-21(31-18)20-11-7-17(29)13-23(20)34(37)38/h5-14,25,31H,4H2,1-3H3,(H,30,32)/b22-14-. The van der Waals surface area contributed by atoms with Crippen molar-refractivity contribution in [3.8, 4) is 17.0 Å². The molecule has 1 aliphatic rings. The van der Waals surface area contributed by atoms with E-state index < -0.39 is 34.0 Å². The number of rotatable bonds is 7. The third-order valence-electron chi connectivity index (χ3n) is 6.50. The zero-order valence-corrected chi connectivity index (χ0v) is 21.7. The second kappa shape index (κ2) is 10.5. The summed E-state index contributed by atoms with van der Waals surface area (Å²) in [6, 6.07) is 12.7. The summed E-state index contributed by atoms with van der Waals surface area (Å²) in [5.74, 6) is -0.689. The molecule has 12 heteroatoms. The molecular formula is C28H24FN5O6. The number of aromatic amines is 2. The van der Waals surface area contributed by atoms with Crippen molar-refractivity contribution >= 4 is 17.7 Å².